The van der Waals surface area contributed by atoms with Gasteiger partial charge in [0, 0.05) is 36.0 Å². The van der Waals surface area contributed by atoms with Crippen LogP contribution >= 0.6 is 15.9 Å². The van der Waals surface area contributed by atoms with Crippen LogP contribution in [0.3, 0.4) is 0 Å². The minimum atomic E-state index is -0.922. The van der Waals surface area contributed by atoms with Gasteiger partial charge in [0.2, 0.25) is 0 Å². The molecule has 1 amide bonds. The van der Waals surface area contributed by atoms with Crippen LogP contribution < -0.4 is 5.32 Å². The molecule has 1 N–H and O–H groups in total. The first-order valence-corrected chi connectivity index (χ1v) is 9.69. The standard InChI is InChI=1S/C19H21BrF2N4O2/c1-19(2,3)26-18(27)28-16(17-24-8-12(20)9-25-17)11-6-10(7-11)15-14(22)13(21)4-5-23-15/h4-5,8-11,16H,6-7H2,1-3H3,(H,26,27). The fourth-order valence-electron chi connectivity index (χ4n) is 3.13. The molecule has 3 rings (SSSR count). The predicted molar refractivity (Wildman–Crippen MR) is 101 cm³/mol. The molecule has 150 valence electrons. The van der Waals surface area contributed by atoms with E-state index in [4.69, 9.17) is 4.74 Å². The molecule has 2 heterocycles. The van der Waals surface area contributed by atoms with Crippen molar-refractivity contribution >= 4 is 22.0 Å². The van der Waals surface area contributed by atoms with Crippen LogP contribution in [0.1, 0.15) is 57.2 Å². The third kappa shape index (κ3) is 4.81. The fourth-order valence-corrected chi connectivity index (χ4v) is 3.34. The number of carbonyl (C=O) groups is 1. The monoisotopic (exact) mass is 454 g/mol. The van der Waals surface area contributed by atoms with E-state index in [2.05, 4.69) is 36.2 Å². The summed E-state index contributed by atoms with van der Waals surface area (Å²) in [5, 5.41) is 2.75. The van der Waals surface area contributed by atoms with E-state index >= 15 is 0 Å². The van der Waals surface area contributed by atoms with Gasteiger partial charge in [-0.2, -0.15) is 0 Å². The van der Waals surface area contributed by atoms with Crippen LogP contribution in [-0.4, -0.2) is 26.6 Å². The van der Waals surface area contributed by atoms with Gasteiger partial charge in [-0.25, -0.2) is 23.5 Å². The van der Waals surface area contributed by atoms with E-state index in [0.717, 1.165) is 6.07 Å². The molecule has 0 aromatic carbocycles. The Bertz CT molecular complexity index is 852. The second-order valence-corrected chi connectivity index (χ2v) is 8.80. The van der Waals surface area contributed by atoms with Gasteiger partial charge in [0.15, 0.2) is 23.6 Å². The summed E-state index contributed by atoms with van der Waals surface area (Å²) in [5.41, 5.74) is -0.357. The zero-order valence-electron chi connectivity index (χ0n) is 15.7. The Kier molecular flexibility index (Phi) is 5.92. The Morgan fingerprint density at radius 1 is 1.25 bits per heavy atom. The number of hydrogen-bond donors (Lipinski definition) is 1. The molecule has 1 fully saturated rings. The first-order chi connectivity index (χ1) is 13.1. The number of nitrogens with one attached hydrogen (secondary N) is 1. The van der Waals surface area contributed by atoms with Crippen LogP contribution in [0.4, 0.5) is 13.6 Å². The molecule has 1 aliphatic rings. The van der Waals surface area contributed by atoms with Crippen molar-refractivity contribution in [2.24, 2.45) is 5.92 Å². The number of nitrogens with zero attached hydrogens (tertiary/aromatic N) is 3. The van der Waals surface area contributed by atoms with Crippen LogP contribution in [0, 0.1) is 17.6 Å². The van der Waals surface area contributed by atoms with E-state index in [9.17, 15) is 13.6 Å². The van der Waals surface area contributed by atoms with Crippen molar-refractivity contribution in [3.05, 3.63) is 52.3 Å². The van der Waals surface area contributed by atoms with E-state index in [1.807, 2.05) is 20.8 Å². The molecule has 6 nitrogen and oxygen atoms in total. The Morgan fingerprint density at radius 2 is 1.89 bits per heavy atom. The molecule has 0 spiro atoms. The van der Waals surface area contributed by atoms with Crippen LogP contribution in [0.5, 0.6) is 0 Å². The first kappa shape index (κ1) is 20.6. The third-order valence-electron chi connectivity index (χ3n) is 4.46. The number of pyridine rings is 1. The Morgan fingerprint density at radius 3 is 2.50 bits per heavy atom. The topological polar surface area (TPSA) is 77.0 Å². The number of alkyl carbamates (subject to hydrolysis) is 1. The lowest BCUT2D eigenvalue weighted by molar-refractivity contribution is 0.0138. The average molecular weight is 455 g/mol. The molecule has 0 saturated heterocycles. The van der Waals surface area contributed by atoms with E-state index < -0.39 is 29.4 Å². The third-order valence-corrected chi connectivity index (χ3v) is 4.87. The second kappa shape index (κ2) is 8.06. The lowest BCUT2D eigenvalue weighted by Crippen LogP contribution is -2.43. The minimum Gasteiger partial charge on any atom is -0.438 e. The molecule has 1 aliphatic carbocycles. The second-order valence-electron chi connectivity index (χ2n) is 7.88. The molecular weight excluding hydrogens is 434 g/mol. The molecule has 0 radical (unpaired) electrons. The summed E-state index contributed by atoms with van der Waals surface area (Å²) in [6.45, 7) is 5.53. The van der Waals surface area contributed by atoms with Gasteiger partial charge in [-0.05, 0) is 55.6 Å². The van der Waals surface area contributed by atoms with E-state index in [1.165, 1.54) is 6.20 Å². The molecule has 1 saturated carbocycles. The number of aromatic nitrogens is 3. The van der Waals surface area contributed by atoms with Crippen LogP contribution in [0.15, 0.2) is 29.1 Å². The van der Waals surface area contributed by atoms with E-state index in [0.29, 0.717) is 23.1 Å². The number of carbonyl (C=O) groups excluding carboxylic acids is 1. The minimum absolute atomic E-state index is 0.103. The molecule has 0 aliphatic heterocycles. The Balaban J connectivity index is 1.76. The largest absolute Gasteiger partial charge is 0.438 e. The number of halogens is 3. The van der Waals surface area contributed by atoms with Gasteiger partial charge in [0.25, 0.3) is 0 Å². The van der Waals surface area contributed by atoms with Gasteiger partial charge in [-0.15, -0.1) is 0 Å². The quantitative estimate of drug-likeness (QED) is 0.725. The predicted octanol–water partition coefficient (Wildman–Crippen LogP) is 4.67. The molecular formula is C19H21BrF2N4O2. The number of rotatable bonds is 4. The number of hydrogen-bond acceptors (Lipinski definition) is 5. The summed E-state index contributed by atoms with van der Waals surface area (Å²) in [5.74, 6) is -1.84. The summed E-state index contributed by atoms with van der Waals surface area (Å²) in [6.07, 6.45) is 4.10. The zero-order valence-corrected chi connectivity index (χ0v) is 17.3. The number of amides is 1. The lowest BCUT2D eigenvalue weighted by atomic mass is 9.70. The summed E-state index contributed by atoms with van der Waals surface area (Å²) in [7, 11) is 0. The van der Waals surface area contributed by atoms with Gasteiger partial charge < -0.3 is 10.1 Å². The van der Waals surface area contributed by atoms with Crippen molar-refractivity contribution in [3.8, 4) is 0 Å². The van der Waals surface area contributed by atoms with Crippen LogP contribution in [0.2, 0.25) is 0 Å². The normalized spacial score (nSPS) is 20.2. The maximum atomic E-state index is 14.0. The maximum absolute atomic E-state index is 14.0. The highest BCUT2D eigenvalue weighted by atomic mass is 79.9. The number of ether oxygens (including phenoxy) is 1. The molecule has 0 bridgehead atoms. The van der Waals surface area contributed by atoms with E-state index in [-0.39, 0.29) is 17.5 Å². The highest BCUT2D eigenvalue weighted by Gasteiger charge is 2.42. The van der Waals surface area contributed by atoms with E-state index in [1.54, 1.807) is 12.4 Å². The lowest BCUT2D eigenvalue weighted by Gasteiger charge is -2.39. The SMILES string of the molecule is CC(C)(C)NC(=O)OC(c1ncc(Br)cn1)C1CC(c2nccc(F)c2F)C1. The summed E-state index contributed by atoms with van der Waals surface area (Å²) < 4.78 is 33.8. The maximum Gasteiger partial charge on any atom is 0.408 e. The molecule has 9 heteroatoms. The van der Waals surface area contributed by atoms with Gasteiger partial charge >= 0.3 is 6.09 Å². The first-order valence-electron chi connectivity index (χ1n) is 8.90. The van der Waals surface area contributed by atoms with Crippen molar-refractivity contribution < 1.29 is 18.3 Å². The molecule has 2 aromatic heterocycles. The van der Waals surface area contributed by atoms with Gasteiger partial charge in [-0.3, -0.25) is 4.98 Å². The molecule has 2 aromatic rings. The van der Waals surface area contributed by atoms with Crippen molar-refractivity contribution in [2.75, 3.05) is 0 Å². The Labute approximate surface area is 170 Å². The molecule has 28 heavy (non-hydrogen) atoms. The van der Waals surface area contributed by atoms with Crippen LogP contribution in [0.25, 0.3) is 0 Å². The summed E-state index contributed by atoms with van der Waals surface area (Å²) >= 11 is 3.28. The van der Waals surface area contributed by atoms with Gasteiger partial charge in [-0.1, -0.05) is 0 Å². The smallest absolute Gasteiger partial charge is 0.408 e. The summed E-state index contributed by atoms with van der Waals surface area (Å²) in [4.78, 5) is 24.8. The fraction of sp³-hybridized carbons (Fsp3) is 0.474. The van der Waals surface area contributed by atoms with Crippen molar-refractivity contribution in [3.63, 3.8) is 0 Å². The molecule has 1 unspecified atom stereocenters. The van der Waals surface area contributed by atoms with Crippen molar-refractivity contribution in [1.29, 1.82) is 0 Å². The van der Waals surface area contributed by atoms with Crippen LogP contribution in [-0.2, 0) is 4.74 Å². The highest BCUT2D eigenvalue weighted by Crippen LogP contribution is 2.48. The molecule has 1 atom stereocenters. The van der Waals surface area contributed by atoms with Gasteiger partial charge in [0.05, 0.1) is 10.2 Å². The summed E-state index contributed by atoms with van der Waals surface area (Å²) in [6, 6.07) is 0.993. The van der Waals surface area contributed by atoms with Gasteiger partial charge in [0.1, 0.15) is 0 Å². The van der Waals surface area contributed by atoms with Crippen molar-refractivity contribution in [1.82, 2.24) is 20.3 Å². The Hall–Kier alpha value is -2.16. The zero-order chi connectivity index (χ0) is 20.5. The highest BCUT2D eigenvalue weighted by molar-refractivity contribution is 9.10. The van der Waals surface area contributed by atoms with Crippen molar-refractivity contribution in [2.45, 2.75) is 51.2 Å². The average Bonchev–Trinajstić information content (AvgIpc) is 2.55.